The van der Waals surface area contributed by atoms with Crippen molar-refractivity contribution in [1.29, 1.82) is 0 Å². The van der Waals surface area contributed by atoms with Crippen LogP contribution in [0.1, 0.15) is 0 Å². The van der Waals surface area contributed by atoms with Gasteiger partial charge in [-0.2, -0.15) is 0 Å². The first-order valence-electron chi connectivity index (χ1n) is 4.43. The van der Waals surface area contributed by atoms with Gasteiger partial charge in [0.05, 0.1) is 0 Å². The number of β-lactam (4-membered cyclic amide) rings is 1. The van der Waals surface area contributed by atoms with E-state index in [1.165, 1.54) is 16.7 Å². The summed E-state index contributed by atoms with van der Waals surface area (Å²) >= 11 is 1.44. The van der Waals surface area contributed by atoms with Crippen LogP contribution >= 0.6 is 24.2 Å². The Bertz CT molecular complexity index is 413. The van der Waals surface area contributed by atoms with Crippen molar-refractivity contribution in [2.24, 2.45) is 5.73 Å². The Balaban J connectivity index is 0.000000963. The number of fused-ring (bicyclic) bond motifs is 2. The van der Waals surface area contributed by atoms with E-state index in [2.05, 4.69) is 4.74 Å². The molecule has 1 amide bonds. The number of esters is 1. The van der Waals surface area contributed by atoms with Crippen molar-refractivity contribution < 1.29 is 19.4 Å². The summed E-state index contributed by atoms with van der Waals surface area (Å²) in [5.74, 6) is -0.446. The highest BCUT2D eigenvalue weighted by atomic mass is 35.5. The Hall–Kier alpha value is -0.760. The number of cyclic esters (lactones) is 1. The molecule has 0 aliphatic carbocycles. The van der Waals surface area contributed by atoms with E-state index in [-0.39, 0.29) is 29.4 Å². The highest BCUT2D eigenvalue weighted by Crippen LogP contribution is 2.43. The molecule has 1 fully saturated rings. The molecule has 3 rings (SSSR count). The van der Waals surface area contributed by atoms with Crippen LogP contribution in [0.3, 0.4) is 0 Å². The van der Waals surface area contributed by atoms with E-state index >= 15 is 0 Å². The molecule has 0 aromatic heterocycles. The van der Waals surface area contributed by atoms with E-state index in [1.807, 2.05) is 0 Å². The Morgan fingerprint density at radius 3 is 2.88 bits per heavy atom. The molecule has 3 heterocycles. The smallest absolute Gasteiger partial charge is 0.357 e. The third-order valence-electron chi connectivity index (χ3n) is 2.75. The van der Waals surface area contributed by atoms with Gasteiger partial charge < -0.3 is 15.6 Å². The van der Waals surface area contributed by atoms with Gasteiger partial charge in [-0.15, -0.1) is 24.2 Å². The number of aliphatic hydroxyl groups is 1. The highest BCUT2D eigenvalue weighted by Gasteiger charge is 2.55. The van der Waals surface area contributed by atoms with Crippen LogP contribution in [-0.4, -0.2) is 45.3 Å². The van der Waals surface area contributed by atoms with Crippen LogP contribution in [0.4, 0.5) is 0 Å². The fourth-order valence-corrected chi connectivity index (χ4v) is 3.26. The van der Waals surface area contributed by atoms with E-state index in [4.69, 9.17) is 5.73 Å². The third kappa shape index (κ3) is 1.22. The maximum absolute atomic E-state index is 11.5. The van der Waals surface area contributed by atoms with Gasteiger partial charge in [0.1, 0.15) is 17.1 Å². The standard InChI is InChI=1S/C8H8N2O4S.ClH/c9-3-5(11)10-4-2(1-15-6(3)10)7(12)14-8(4)13;/h3,6-7,12H,1,9H2;1H/t3-,6-,7?;/m1./s1. The number of carbonyl (C=O) groups excluding carboxylic acids is 2. The maximum atomic E-state index is 11.5. The summed E-state index contributed by atoms with van der Waals surface area (Å²) < 4.78 is 4.64. The van der Waals surface area contributed by atoms with Gasteiger partial charge in [-0.25, -0.2) is 4.79 Å². The molecule has 88 valence electrons. The summed E-state index contributed by atoms with van der Waals surface area (Å²) in [6.07, 6.45) is -1.20. The Morgan fingerprint density at radius 2 is 2.19 bits per heavy atom. The zero-order valence-corrected chi connectivity index (χ0v) is 9.59. The number of thioether (sulfide) groups is 1. The number of ether oxygens (including phenoxy) is 1. The molecule has 0 saturated carbocycles. The molecule has 1 saturated heterocycles. The van der Waals surface area contributed by atoms with Crippen molar-refractivity contribution in [2.75, 3.05) is 5.75 Å². The molecular formula is C8H9ClN2O4S. The maximum Gasteiger partial charge on any atom is 0.357 e. The zero-order chi connectivity index (χ0) is 10.7. The lowest BCUT2D eigenvalue weighted by atomic mass is 10.0. The summed E-state index contributed by atoms with van der Waals surface area (Å²) in [5, 5.41) is 9.21. The molecule has 0 radical (unpaired) electrons. The van der Waals surface area contributed by atoms with Gasteiger partial charge in [0.15, 0.2) is 0 Å². The van der Waals surface area contributed by atoms with Crippen LogP contribution in [0.25, 0.3) is 0 Å². The first-order valence-corrected chi connectivity index (χ1v) is 5.48. The molecule has 0 bridgehead atoms. The number of halogens is 1. The van der Waals surface area contributed by atoms with E-state index in [9.17, 15) is 14.7 Å². The van der Waals surface area contributed by atoms with Gasteiger partial charge in [-0.05, 0) is 0 Å². The average molecular weight is 265 g/mol. The number of nitrogens with two attached hydrogens (primary N) is 1. The van der Waals surface area contributed by atoms with Gasteiger partial charge in [0, 0.05) is 11.3 Å². The van der Waals surface area contributed by atoms with Gasteiger partial charge in [-0.3, -0.25) is 9.69 Å². The number of hydrogen-bond donors (Lipinski definition) is 2. The minimum absolute atomic E-state index is 0. The quantitative estimate of drug-likeness (QED) is 0.421. The number of hydrogen-bond acceptors (Lipinski definition) is 6. The van der Waals surface area contributed by atoms with Crippen molar-refractivity contribution in [3.63, 3.8) is 0 Å². The van der Waals surface area contributed by atoms with Crippen LogP contribution in [0, 0.1) is 0 Å². The number of rotatable bonds is 0. The second kappa shape index (κ2) is 3.63. The van der Waals surface area contributed by atoms with Crippen LogP contribution < -0.4 is 5.73 Å². The van der Waals surface area contributed by atoms with E-state index < -0.39 is 18.3 Å². The first kappa shape index (κ1) is 11.7. The number of aliphatic hydroxyl groups excluding tert-OH is 1. The second-order valence-electron chi connectivity index (χ2n) is 3.57. The molecule has 0 spiro atoms. The van der Waals surface area contributed by atoms with Crippen molar-refractivity contribution in [3.05, 3.63) is 11.3 Å². The van der Waals surface area contributed by atoms with E-state index in [1.54, 1.807) is 0 Å². The molecule has 3 atom stereocenters. The summed E-state index contributed by atoms with van der Waals surface area (Å²) in [6, 6.07) is -0.547. The lowest BCUT2D eigenvalue weighted by Crippen LogP contribution is -2.68. The SMILES string of the molecule is Cl.N[C@@H]1C(=O)N2C3=C(CS[C@H]12)C(O)OC3=O. The molecule has 0 aromatic rings. The zero-order valence-electron chi connectivity index (χ0n) is 7.95. The van der Waals surface area contributed by atoms with E-state index in [0.29, 0.717) is 11.3 Å². The molecule has 3 aliphatic heterocycles. The number of nitrogens with zero attached hydrogens (tertiary/aromatic N) is 1. The van der Waals surface area contributed by atoms with E-state index in [0.717, 1.165) is 0 Å². The predicted octanol–water partition coefficient (Wildman–Crippen LogP) is -1.22. The largest absolute Gasteiger partial charge is 0.427 e. The summed E-state index contributed by atoms with van der Waals surface area (Å²) in [5.41, 5.74) is 6.26. The van der Waals surface area contributed by atoms with Gasteiger partial charge >= 0.3 is 5.97 Å². The van der Waals surface area contributed by atoms with Gasteiger partial charge in [-0.1, -0.05) is 0 Å². The predicted molar refractivity (Wildman–Crippen MR) is 57.4 cm³/mol. The molecule has 6 nitrogen and oxygen atoms in total. The normalized spacial score (nSPS) is 36.1. The molecule has 1 unspecified atom stereocenters. The minimum Gasteiger partial charge on any atom is -0.427 e. The van der Waals surface area contributed by atoms with Crippen LogP contribution in [-0.2, 0) is 14.3 Å². The molecule has 16 heavy (non-hydrogen) atoms. The van der Waals surface area contributed by atoms with Crippen molar-refractivity contribution in [1.82, 2.24) is 4.90 Å². The summed E-state index contributed by atoms with van der Waals surface area (Å²) in [4.78, 5) is 24.2. The lowest BCUT2D eigenvalue weighted by Gasteiger charge is -2.46. The third-order valence-corrected chi connectivity index (χ3v) is 4.07. The Morgan fingerprint density at radius 1 is 1.50 bits per heavy atom. The molecule has 8 heteroatoms. The monoisotopic (exact) mass is 264 g/mol. The van der Waals surface area contributed by atoms with Crippen LogP contribution in [0.5, 0.6) is 0 Å². The fourth-order valence-electron chi connectivity index (χ4n) is 1.95. The average Bonchev–Trinajstić information content (AvgIpc) is 2.52. The topological polar surface area (TPSA) is 92.9 Å². The van der Waals surface area contributed by atoms with Crippen LogP contribution in [0.15, 0.2) is 11.3 Å². The summed E-state index contributed by atoms with van der Waals surface area (Å²) in [6.45, 7) is 0. The Labute approximate surface area is 101 Å². The van der Waals surface area contributed by atoms with Crippen molar-refractivity contribution in [2.45, 2.75) is 17.7 Å². The Kier molecular flexibility index (Phi) is 2.66. The molecule has 3 N–H and O–H groups in total. The van der Waals surface area contributed by atoms with Gasteiger partial charge in [0.2, 0.25) is 12.2 Å². The van der Waals surface area contributed by atoms with Crippen molar-refractivity contribution in [3.8, 4) is 0 Å². The second-order valence-corrected chi connectivity index (χ2v) is 4.67. The fraction of sp³-hybridized carbons (Fsp3) is 0.500. The lowest BCUT2D eigenvalue weighted by molar-refractivity contribution is -0.156. The minimum atomic E-state index is -1.20. The van der Waals surface area contributed by atoms with Crippen molar-refractivity contribution >= 4 is 36.0 Å². The molecule has 0 aromatic carbocycles. The summed E-state index contributed by atoms with van der Waals surface area (Å²) in [7, 11) is 0. The highest BCUT2D eigenvalue weighted by molar-refractivity contribution is 8.00. The number of amides is 1. The first-order chi connectivity index (χ1) is 7.11. The van der Waals surface area contributed by atoms with Gasteiger partial charge in [0.25, 0.3) is 0 Å². The van der Waals surface area contributed by atoms with Crippen LogP contribution in [0.2, 0.25) is 0 Å². The molecule has 3 aliphatic rings. The molecular weight excluding hydrogens is 256 g/mol. The number of carbonyl (C=O) groups is 2.